The van der Waals surface area contributed by atoms with Gasteiger partial charge >= 0.3 is 6.03 Å². The third kappa shape index (κ3) is 4.31. The molecule has 0 saturated carbocycles. The third-order valence-corrected chi connectivity index (χ3v) is 5.37. The molecule has 0 aliphatic rings. The standard InChI is InChI=1S/C21H18N6O2S/c1-14(19(28)26-21(29)25-15-8-4-2-5-9-15)30-20-17-12-24-27(18(17)22-13-23-20)16-10-6-3-7-11-16/h2-14H,1H3,(H2,25,26,28,29). The second kappa shape index (κ2) is 8.75. The zero-order valence-corrected chi connectivity index (χ0v) is 16.8. The lowest BCUT2D eigenvalue weighted by molar-refractivity contribution is -0.119. The number of thioether (sulfide) groups is 1. The minimum Gasteiger partial charge on any atom is -0.308 e. The van der Waals surface area contributed by atoms with Crippen LogP contribution in [0.1, 0.15) is 6.92 Å². The summed E-state index contributed by atoms with van der Waals surface area (Å²) in [6, 6.07) is 18.0. The van der Waals surface area contributed by atoms with Gasteiger partial charge in [-0.25, -0.2) is 19.4 Å². The maximum atomic E-state index is 12.5. The molecule has 2 N–H and O–H groups in total. The summed E-state index contributed by atoms with van der Waals surface area (Å²) in [6.45, 7) is 1.71. The van der Waals surface area contributed by atoms with Gasteiger partial charge in [0, 0.05) is 5.69 Å². The highest BCUT2D eigenvalue weighted by Gasteiger charge is 2.20. The molecular weight excluding hydrogens is 400 g/mol. The van der Waals surface area contributed by atoms with E-state index in [1.54, 1.807) is 42.1 Å². The predicted octanol–water partition coefficient (Wildman–Crippen LogP) is 3.64. The summed E-state index contributed by atoms with van der Waals surface area (Å²) >= 11 is 1.24. The first-order valence-corrected chi connectivity index (χ1v) is 10.1. The van der Waals surface area contributed by atoms with Gasteiger partial charge in [-0.2, -0.15) is 5.10 Å². The van der Waals surface area contributed by atoms with Crippen LogP contribution in [0.3, 0.4) is 0 Å². The Balaban J connectivity index is 1.46. The number of para-hydroxylation sites is 2. The Labute approximate surface area is 176 Å². The molecule has 0 saturated heterocycles. The first-order valence-electron chi connectivity index (χ1n) is 9.19. The van der Waals surface area contributed by atoms with E-state index in [-0.39, 0.29) is 0 Å². The molecule has 4 aromatic rings. The van der Waals surface area contributed by atoms with Crippen molar-refractivity contribution in [3.63, 3.8) is 0 Å². The molecule has 2 heterocycles. The van der Waals surface area contributed by atoms with Crippen LogP contribution in [0.5, 0.6) is 0 Å². The molecule has 3 amide bonds. The smallest absolute Gasteiger partial charge is 0.308 e. The Bertz CT molecular complexity index is 1180. The van der Waals surface area contributed by atoms with Crippen molar-refractivity contribution in [2.75, 3.05) is 5.32 Å². The number of rotatable bonds is 5. The van der Waals surface area contributed by atoms with E-state index in [4.69, 9.17) is 0 Å². The number of hydrogen-bond donors (Lipinski definition) is 2. The number of benzene rings is 2. The summed E-state index contributed by atoms with van der Waals surface area (Å²) in [4.78, 5) is 33.2. The Morgan fingerprint density at radius 1 is 1.00 bits per heavy atom. The summed E-state index contributed by atoms with van der Waals surface area (Å²) in [5.74, 6) is -0.421. The number of urea groups is 1. The van der Waals surface area contributed by atoms with E-state index < -0.39 is 17.2 Å². The van der Waals surface area contributed by atoms with Gasteiger partial charge in [-0.15, -0.1) is 0 Å². The molecule has 8 nitrogen and oxygen atoms in total. The van der Waals surface area contributed by atoms with Crippen LogP contribution in [0.25, 0.3) is 16.7 Å². The van der Waals surface area contributed by atoms with Gasteiger partial charge in [0.05, 0.1) is 22.5 Å². The monoisotopic (exact) mass is 418 g/mol. The molecule has 0 aliphatic carbocycles. The zero-order valence-electron chi connectivity index (χ0n) is 16.0. The van der Waals surface area contributed by atoms with E-state index >= 15 is 0 Å². The maximum absolute atomic E-state index is 12.5. The summed E-state index contributed by atoms with van der Waals surface area (Å²) in [5.41, 5.74) is 2.13. The SMILES string of the molecule is CC(Sc1ncnc2c1cnn2-c1ccccc1)C(=O)NC(=O)Nc1ccccc1. The molecule has 2 aromatic carbocycles. The number of nitrogens with one attached hydrogen (secondary N) is 2. The molecule has 1 unspecified atom stereocenters. The van der Waals surface area contributed by atoms with Crippen LogP contribution in [0.15, 0.2) is 78.2 Å². The van der Waals surface area contributed by atoms with Gasteiger partial charge in [-0.1, -0.05) is 48.2 Å². The van der Waals surface area contributed by atoms with Gasteiger partial charge in [0.15, 0.2) is 5.65 Å². The molecular formula is C21H18N6O2S. The zero-order chi connectivity index (χ0) is 20.9. The van der Waals surface area contributed by atoms with Crippen molar-refractivity contribution < 1.29 is 9.59 Å². The molecule has 0 aliphatic heterocycles. The molecule has 2 aromatic heterocycles. The van der Waals surface area contributed by atoms with Gasteiger partial charge in [-0.3, -0.25) is 10.1 Å². The first kappa shape index (κ1) is 19.6. The van der Waals surface area contributed by atoms with Crippen molar-refractivity contribution in [1.82, 2.24) is 25.1 Å². The van der Waals surface area contributed by atoms with Crippen molar-refractivity contribution in [3.05, 3.63) is 73.2 Å². The van der Waals surface area contributed by atoms with Crippen LogP contribution in [-0.4, -0.2) is 36.9 Å². The van der Waals surface area contributed by atoms with Crippen LogP contribution in [-0.2, 0) is 4.79 Å². The summed E-state index contributed by atoms with van der Waals surface area (Å²) < 4.78 is 1.72. The number of carbonyl (C=O) groups is 2. The van der Waals surface area contributed by atoms with Gasteiger partial charge in [-0.05, 0) is 31.2 Å². The van der Waals surface area contributed by atoms with Crippen molar-refractivity contribution in [1.29, 1.82) is 0 Å². The van der Waals surface area contributed by atoms with Crippen LogP contribution in [0.4, 0.5) is 10.5 Å². The fourth-order valence-corrected chi connectivity index (χ4v) is 3.67. The molecule has 0 radical (unpaired) electrons. The normalized spacial score (nSPS) is 11.8. The van der Waals surface area contributed by atoms with E-state index in [1.165, 1.54) is 18.1 Å². The molecule has 0 bridgehead atoms. The fraction of sp³-hybridized carbons (Fsp3) is 0.0952. The van der Waals surface area contributed by atoms with E-state index in [1.807, 2.05) is 36.4 Å². The average Bonchev–Trinajstić information content (AvgIpc) is 3.20. The minimum atomic E-state index is -0.580. The maximum Gasteiger partial charge on any atom is 0.325 e. The number of nitrogens with zero attached hydrogens (tertiary/aromatic N) is 4. The fourth-order valence-electron chi connectivity index (χ4n) is 2.79. The molecule has 0 spiro atoms. The Morgan fingerprint density at radius 3 is 2.43 bits per heavy atom. The van der Waals surface area contributed by atoms with Crippen molar-refractivity contribution >= 4 is 40.4 Å². The number of hydrogen-bond acceptors (Lipinski definition) is 6. The molecule has 30 heavy (non-hydrogen) atoms. The molecule has 9 heteroatoms. The lowest BCUT2D eigenvalue weighted by Crippen LogP contribution is -2.38. The largest absolute Gasteiger partial charge is 0.325 e. The van der Waals surface area contributed by atoms with E-state index in [9.17, 15) is 9.59 Å². The van der Waals surface area contributed by atoms with Gasteiger partial charge in [0.25, 0.3) is 0 Å². The summed E-state index contributed by atoms with van der Waals surface area (Å²) in [6.07, 6.45) is 3.12. The number of fused-ring (bicyclic) bond motifs is 1. The third-order valence-electron chi connectivity index (χ3n) is 4.26. The minimum absolute atomic E-state index is 0.421. The Kier molecular flexibility index (Phi) is 5.71. The summed E-state index contributed by atoms with van der Waals surface area (Å²) in [5, 5.41) is 10.2. The molecule has 0 fully saturated rings. The highest BCUT2D eigenvalue weighted by molar-refractivity contribution is 8.00. The topological polar surface area (TPSA) is 102 Å². The quantitative estimate of drug-likeness (QED) is 0.379. The van der Waals surface area contributed by atoms with Gasteiger partial charge in [0.2, 0.25) is 5.91 Å². The summed E-state index contributed by atoms with van der Waals surface area (Å²) in [7, 11) is 0. The Morgan fingerprint density at radius 2 is 1.70 bits per heavy atom. The van der Waals surface area contributed by atoms with Gasteiger partial charge in [0.1, 0.15) is 11.4 Å². The van der Waals surface area contributed by atoms with Crippen LogP contribution in [0.2, 0.25) is 0 Å². The highest BCUT2D eigenvalue weighted by Crippen LogP contribution is 2.28. The van der Waals surface area contributed by atoms with E-state index in [0.29, 0.717) is 16.4 Å². The number of imide groups is 1. The lowest BCUT2D eigenvalue weighted by atomic mass is 10.3. The van der Waals surface area contributed by atoms with Crippen molar-refractivity contribution in [2.45, 2.75) is 17.2 Å². The van der Waals surface area contributed by atoms with Crippen LogP contribution in [0, 0.1) is 0 Å². The van der Waals surface area contributed by atoms with Gasteiger partial charge < -0.3 is 5.32 Å². The van der Waals surface area contributed by atoms with Crippen LogP contribution < -0.4 is 10.6 Å². The molecule has 150 valence electrons. The number of amides is 3. The van der Waals surface area contributed by atoms with E-state index in [2.05, 4.69) is 25.7 Å². The second-order valence-electron chi connectivity index (χ2n) is 6.38. The van der Waals surface area contributed by atoms with E-state index in [0.717, 1.165) is 11.1 Å². The van der Waals surface area contributed by atoms with Crippen molar-refractivity contribution in [2.24, 2.45) is 0 Å². The number of anilines is 1. The number of aromatic nitrogens is 4. The highest BCUT2D eigenvalue weighted by atomic mass is 32.2. The lowest BCUT2D eigenvalue weighted by Gasteiger charge is -2.12. The number of carbonyl (C=O) groups excluding carboxylic acids is 2. The Hall–Kier alpha value is -3.72. The van der Waals surface area contributed by atoms with Crippen LogP contribution >= 0.6 is 11.8 Å². The second-order valence-corrected chi connectivity index (χ2v) is 7.71. The first-order chi connectivity index (χ1) is 14.6. The predicted molar refractivity (Wildman–Crippen MR) is 116 cm³/mol. The molecule has 4 rings (SSSR count). The van der Waals surface area contributed by atoms with Crippen molar-refractivity contribution in [3.8, 4) is 5.69 Å². The molecule has 1 atom stereocenters. The average molecular weight is 418 g/mol.